The van der Waals surface area contributed by atoms with Crippen molar-refractivity contribution in [3.05, 3.63) is 30.1 Å². The fourth-order valence-electron chi connectivity index (χ4n) is 3.24. The molecule has 1 heterocycles. The molecule has 0 aliphatic heterocycles. The second-order valence-electron chi connectivity index (χ2n) is 5.83. The van der Waals surface area contributed by atoms with Crippen LogP contribution in [0.3, 0.4) is 0 Å². The molecule has 3 N–H and O–H groups in total. The molecule has 4 nitrogen and oxygen atoms in total. The van der Waals surface area contributed by atoms with E-state index in [0.29, 0.717) is 12.1 Å². The van der Waals surface area contributed by atoms with Crippen LogP contribution in [0, 0.1) is 0 Å². The summed E-state index contributed by atoms with van der Waals surface area (Å²) in [6, 6.07) is 9.30. The van der Waals surface area contributed by atoms with Crippen LogP contribution in [0.5, 0.6) is 0 Å². The van der Waals surface area contributed by atoms with E-state index in [1.807, 2.05) is 12.1 Å². The van der Waals surface area contributed by atoms with E-state index in [2.05, 4.69) is 33.9 Å². The maximum atomic E-state index is 6.01. The molecular weight excluding hydrogens is 248 g/mol. The van der Waals surface area contributed by atoms with Crippen LogP contribution >= 0.6 is 0 Å². The van der Waals surface area contributed by atoms with Crippen LogP contribution in [0.1, 0.15) is 38.4 Å². The second kappa shape index (κ2) is 5.94. The number of nitrogens with one attached hydrogen (secondary N) is 1. The molecule has 2 aromatic rings. The van der Waals surface area contributed by atoms with E-state index in [9.17, 15) is 0 Å². The summed E-state index contributed by atoms with van der Waals surface area (Å²) in [5.74, 6) is 1.07. The van der Waals surface area contributed by atoms with Gasteiger partial charge in [0.2, 0.25) is 0 Å². The molecule has 1 fully saturated rings. The molecule has 1 aromatic carbocycles. The van der Waals surface area contributed by atoms with Gasteiger partial charge in [0, 0.05) is 12.1 Å². The van der Waals surface area contributed by atoms with Crippen molar-refractivity contribution in [2.75, 3.05) is 6.54 Å². The summed E-state index contributed by atoms with van der Waals surface area (Å²) in [4.78, 5) is 10.7. The lowest BCUT2D eigenvalue weighted by molar-refractivity contribution is 0.146. The van der Waals surface area contributed by atoms with E-state index in [1.54, 1.807) is 0 Å². The van der Waals surface area contributed by atoms with E-state index in [0.717, 1.165) is 42.8 Å². The lowest BCUT2D eigenvalue weighted by atomic mass is 9.91. The summed E-state index contributed by atoms with van der Waals surface area (Å²) in [5.41, 5.74) is 8.19. The van der Waals surface area contributed by atoms with Gasteiger partial charge in [-0.1, -0.05) is 19.1 Å². The second-order valence-corrected chi connectivity index (χ2v) is 5.83. The molecular formula is C16H24N4. The fraction of sp³-hybridized carbons (Fsp3) is 0.562. The Morgan fingerprint density at radius 1 is 1.25 bits per heavy atom. The van der Waals surface area contributed by atoms with Crippen molar-refractivity contribution in [2.45, 2.75) is 51.2 Å². The molecule has 0 atom stereocenters. The highest BCUT2D eigenvalue weighted by molar-refractivity contribution is 5.74. The first-order chi connectivity index (χ1) is 9.76. The van der Waals surface area contributed by atoms with Gasteiger partial charge < -0.3 is 10.7 Å². The Balaban J connectivity index is 1.70. The zero-order chi connectivity index (χ0) is 13.9. The Morgan fingerprint density at radius 2 is 2.00 bits per heavy atom. The van der Waals surface area contributed by atoms with Gasteiger partial charge >= 0.3 is 0 Å². The Morgan fingerprint density at radius 3 is 2.70 bits per heavy atom. The molecule has 0 bridgehead atoms. The van der Waals surface area contributed by atoms with Crippen molar-refractivity contribution in [1.29, 1.82) is 0 Å². The third-order valence-corrected chi connectivity index (χ3v) is 4.46. The molecule has 1 aliphatic rings. The summed E-state index contributed by atoms with van der Waals surface area (Å²) < 4.78 is 0. The van der Waals surface area contributed by atoms with Crippen LogP contribution in [-0.4, -0.2) is 33.5 Å². The minimum atomic E-state index is 0.413. The smallest absolute Gasteiger partial charge is 0.121 e. The van der Waals surface area contributed by atoms with Gasteiger partial charge in [0.05, 0.1) is 17.6 Å². The minimum Gasteiger partial charge on any atom is -0.341 e. The molecule has 0 amide bonds. The van der Waals surface area contributed by atoms with E-state index in [4.69, 9.17) is 5.73 Å². The maximum absolute atomic E-state index is 6.01. The normalized spacial score (nSPS) is 23.6. The molecule has 3 rings (SSSR count). The monoisotopic (exact) mass is 272 g/mol. The molecule has 1 saturated carbocycles. The average Bonchev–Trinajstić information content (AvgIpc) is 2.88. The number of para-hydroxylation sites is 2. The predicted molar refractivity (Wildman–Crippen MR) is 82.4 cm³/mol. The number of aromatic nitrogens is 2. The van der Waals surface area contributed by atoms with Crippen LogP contribution < -0.4 is 5.73 Å². The first-order valence-corrected chi connectivity index (χ1v) is 7.69. The number of hydrogen-bond acceptors (Lipinski definition) is 3. The van der Waals surface area contributed by atoms with Gasteiger partial charge in [-0.3, -0.25) is 4.90 Å². The lowest BCUT2D eigenvalue weighted by Gasteiger charge is -2.34. The number of nitrogens with zero attached hydrogens (tertiary/aromatic N) is 2. The van der Waals surface area contributed by atoms with E-state index in [-0.39, 0.29) is 0 Å². The summed E-state index contributed by atoms with van der Waals surface area (Å²) in [5, 5.41) is 0. The SMILES string of the molecule is CCN(Cc1nc2ccccc2[nH]1)C1CCC(N)CC1. The van der Waals surface area contributed by atoms with Crippen LogP contribution in [-0.2, 0) is 6.54 Å². The van der Waals surface area contributed by atoms with Gasteiger partial charge in [0.25, 0.3) is 0 Å². The number of benzene rings is 1. The molecule has 20 heavy (non-hydrogen) atoms. The van der Waals surface area contributed by atoms with Crippen molar-refractivity contribution in [2.24, 2.45) is 5.73 Å². The zero-order valence-corrected chi connectivity index (χ0v) is 12.2. The average molecular weight is 272 g/mol. The van der Waals surface area contributed by atoms with E-state index >= 15 is 0 Å². The highest BCUT2D eigenvalue weighted by atomic mass is 15.2. The van der Waals surface area contributed by atoms with Gasteiger partial charge in [-0.05, 0) is 44.4 Å². The number of imidazole rings is 1. The van der Waals surface area contributed by atoms with Crippen molar-refractivity contribution in [3.63, 3.8) is 0 Å². The van der Waals surface area contributed by atoms with Gasteiger partial charge in [-0.25, -0.2) is 4.98 Å². The van der Waals surface area contributed by atoms with Gasteiger partial charge in [0.1, 0.15) is 5.82 Å². The Kier molecular flexibility index (Phi) is 4.03. The van der Waals surface area contributed by atoms with Crippen LogP contribution in [0.15, 0.2) is 24.3 Å². The van der Waals surface area contributed by atoms with Crippen molar-refractivity contribution >= 4 is 11.0 Å². The summed E-state index contributed by atoms with van der Waals surface area (Å²) in [6.07, 6.45) is 4.74. The van der Waals surface area contributed by atoms with Crippen LogP contribution in [0.2, 0.25) is 0 Å². The molecule has 0 unspecified atom stereocenters. The summed E-state index contributed by atoms with van der Waals surface area (Å²) >= 11 is 0. The highest BCUT2D eigenvalue weighted by Crippen LogP contribution is 2.23. The maximum Gasteiger partial charge on any atom is 0.121 e. The molecule has 0 spiro atoms. The Hall–Kier alpha value is -1.39. The van der Waals surface area contributed by atoms with Gasteiger partial charge in [0.15, 0.2) is 0 Å². The largest absolute Gasteiger partial charge is 0.341 e. The molecule has 0 saturated heterocycles. The Labute approximate surface area is 120 Å². The minimum absolute atomic E-state index is 0.413. The first-order valence-electron chi connectivity index (χ1n) is 7.69. The van der Waals surface area contributed by atoms with Crippen molar-refractivity contribution in [3.8, 4) is 0 Å². The number of hydrogen-bond donors (Lipinski definition) is 2. The summed E-state index contributed by atoms with van der Waals surface area (Å²) in [6.45, 7) is 4.21. The van der Waals surface area contributed by atoms with Gasteiger partial charge in [-0.2, -0.15) is 0 Å². The molecule has 0 radical (unpaired) electrons. The number of rotatable bonds is 4. The standard InChI is InChI=1S/C16H24N4/c1-2-20(13-9-7-12(17)8-10-13)11-16-18-14-5-3-4-6-15(14)19-16/h3-6,12-13H,2,7-11,17H2,1H3,(H,18,19). The molecule has 4 heteroatoms. The number of H-pyrrole nitrogens is 1. The third-order valence-electron chi connectivity index (χ3n) is 4.46. The topological polar surface area (TPSA) is 57.9 Å². The number of aromatic amines is 1. The Bertz CT molecular complexity index is 521. The van der Waals surface area contributed by atoms with Crippen molar-refractivity contribution in [1.82, 2.24) is 14.9 Å². The first kappa shape index (κ1) is 13.6. The van der Waals surface area contributed by atoms with Crippen LogP contribution in [0.4, 0.5) is 0 Å². The fourth-order valence-corrected chi connectivity index (χ4v) is 3.24. The quantitative estimate of drug-likeness (QED) is 0.899. The van der Waals surface area contributed by atoms with E-state index in [1.165, 1.54) is 12.8 Å². The molecule has 108 valence electrons. The van der Waals surface area contributed by atoms with Gasteiger partial charge in [-0.15, -0.1) is 0 Å². The summed E-state index contributed by atoms with van der Waals surface area (Å²) in [7, 11) is 0. The predicted octanol–water partition coefficient (Wildman–Crippen LogP) is 2.65. The third kappa shape index (κ3) is 2.86. The lowest BCUT2D eigenvalue weighted by Crippen LogP contribution is -2.40. The highest BCUT2D eigenvalue weighted by Gasteiger charge is 2.23. The van der Waals surface area contributed by atoms with Crippen LogP contribution in [0.25, 0.3) is 11.0 Å². The molecule has 1 aromatic heterocycles. The van der Waals surface area contributed by atoms with E-state index < -0.39 is 0 Å². The number of fused-ring (bicyclic) bond motifs is 1. The zero-order valence-electron chi connectivity index (χ0n) is 12.2. The molecule has 1 aliphatic carbocycles. The number of nitrogens with two attached hydrogens (primary N) is 1. The van der Waals surface area contributed by atoms with Crippen molar-refractivity contribution < 1.29 is 0 Å².